The number of aryl methyl sites for hydroxylation is 3. The van der Waals surface area contributed by atoms with Crippen molar-refractivity contribution in [2.75, 3.05) is 5.73 Å². The molecule has 1 aliphatic carbocycles. The Morgan fingerprint density at radius 2 is 2.05 bits per heavy atom. The quantitative estimate of drug-likeness (QED) is 0.314. The van der Waals surface area contributed by atoms with Gasteiger partial charge in [0, 0.05) is 43.8 Å². The van der Waals surface area contributed by atoms with Gasteiger partial charge >= 0.3 is 0 Å². The molecule has 0 spiro atoms. The maximum atomic E-state index is 13.1. The van der Waals surface area contributed by atoms with Crippen molar-refractivity contribution in [1.82, 2.24) is 24.1 Å². The molecule has 0 radical (unpaired) electrons. The normalized spacial score (nSPS) is 12.6. The number of hydrogen-bond donors (Lipinski definition) is 2. The number of carbonyl (C=O) groups is 1. The number of amides is 1. The number of nitrogen functional groups attached to an aromatic ring is 1. The van der Waals surface area contributed by atoms with Gasteiger partial charge in [-0.2, -0.15) is 10.2 Å². The van der Waals surface area contributed by atoms with E-state index in [1.54, 1.807) is 17.9 Å². The van der Waals surface area contributed by atoms with Crippen LogP contribution in [0.5, 0.6) is 0 Å². The van der Waals surface area contributed by atoms with Crippen molar-refractivity contribution in [3.8, 4) is 11.8 Å². The molecule has 1 aliphatic rings. The van der Waals surface area contributed by atoms with Crippen molar-refractivity contribution in [3.05, 3.63) is 82.1 Å². The average Bonchev–Trinajstić information content (AvgIpc) is 3.56. The molecule has 10 nitrogen and oxygen atoms in total. The Labute approximate surface area is 220 Å². The number of aromatic nitrogens is 5. The van der Waals surface area contributed by atoms with E-state index in [1.165, 1.54) is 17.0 Å². The molecule has 5 rings (SSSR count). The summed E-state index contributed by atoms with van der Waals surface area (Å²) in [5.74, 6) is 6.04. The largest absolute Gasteiger partial charge is 0.381 e. The lowest BCUT2D eigenvalue weighted by Crippen LogP contribution is -2.23. The molecule has 0 aliphatic heterocycles. The van der Waals surface area contributed by atoms with Gasteiger partial charge in [0.2, 0.25) is 0 Å². The van der Waals surface area contributed by atoms with Crippen LogP contribution in [0, 0.1) is 11.8 Å². The number of pyridine rings is 1. The smallest absolute Gasteiger partial charge is 0.260 e. The van der Waals surface area contributed by atoms with Crippen LogP contribution in [-0.4, -0.2) is 36.2 Å². The molecule has 0 saturated heterocycles. The molecular weight excluding hydrogens is 480 g/mol. The first-order valence-electron chi connectivity index (χ1n) is 12.2. The summed E-state index contributed by atoms with van der Waals surface area (Å²) in [6.45, 7) is 5.56. The molecule has 1 amide bonds. The third-order valence-electron chi connectivity index (χ3n) is 6.07. The summed E-state index contributed by atoms with van der Waals surface area (Å²) < 4.78 is 5.09. The SMILES string of the molecule is C=C/C=N\c1c(C(N)=O)c(N)nn1C.CCc1cc2cccc(C#Cc3cnn(C)c3)c2c(=O)n1C1CC1. The summed E-state index contributed by atoms with van der Waals surface area (Å²) in [5, 5.41) is 9.67. The van der Waals surface area contributed by atoms with Crippen molar-refractivity contribution in [1.29, 1.82) is 0 Å². The fraction of sp³-hybridized carbons (Fsp3) is 0.250. The van der Waals surface area contributed by atoms with Crippen LogP contribution < -0.4 is 17.0 Å². The molecule has 0 bridgehead atoms. The van der Waals surface area contributed by atoms with Gasteiger partial charge in [0.25, 0.3) is 11.5 Å². The van der Waals surface area contributed by atoms with E-state index in [1.807, 2.05) is 36.0 Å². The molecule has 1 fully saturated rings. The van der Waals surface area contributed by atoms with Gasteiger partial charge in [-0.1, -0.05) is 43.6 Å². The molecular formula is C28H30N8O2. The Bertz CT molecular complexity index is 1670. The van der Waals surface area contributed by atoms with Gasteiger partial charge in [-0.15, -0.1) is 0 Å². The molecule has 1 aromatic carbocycles. The molecule has 4 aromatic rings. The van der Waals surface area contributed by atoms with Crippen LogP contribution in [0.4, 0.5) is 11.6 Å². The van der Waals surface area contributed by atoms with E-state index in [0.29, 0.717) is 11.9 Å². The van der Waals surface area contributed by atoms with Crippen LogP contribution in [0.3, 0.4) is 0 Å². The molecule has 10 heteroatoms. The molecule has 3 aromatic heterocycles. The number of benzene rings is 1. The van der Waals surface area contributed by atoms with Crippen molar-refractivity contribution >= 4 is 34.5 Å². The van der Waals surface area contributed by atoms with Gasteiger partial charge in [-0.3, -0.25) is 14.3 Å². The summed E-state index contributed by atoms with van der Waals surface area (Å²) >= 11 is 0. The summed E-state index contributed by atoms with van der Waals surface area (Å²) in [5.41, 5.74) is 13.6. The molecule has 38 heavy (non-hydrogen) atoms. The van der Waals surface area contributed by atoms with E-state index >= 15 is 0 Å². The summed E-state index contributed by atoms with van der Waals surface area (Å²) in [7, 11) is 3.49. The fourth-order valence-corrected chi connectivity index (χ4v) is 4.21. The number of primary amides is 1. The highest BCUT2D eigenvalue weighted by atomic mass is 16.1. The number of nitrogens with two attached hydrogens (primary N) is 2. The lowest BCUT2D eigenvalue weighted by atomic mass is 10.0. The zero-order chi connectivity index (χ0) is 27.4. The minimum absolute atomic E-state index is 0.0798. The van der Waals surface area contributed by atoms with E-state index in [2.05, 4.69) is 46.6 Å². The molecule has 0 unspecified atom stereocenters. The van der Waals surface area contributed by atoms with Crippen molar-refractivity contribution in [2.45, 2.75) is 32.2 Å². The van der Waals surface area contributed by atoms with E-state index in [0.717, 1.165) is 46.9 Å². The number of nitrogens with zero attached hydrogens (tertiary/aromatic N) is 6. The van der Waals surface area contributed by atoms with Crippen LogP contribution in [0.25, 0.3) is 10.8 Å². The minimum atomic E-state index is -0.646. The zero-order valence-electron chi connectivity index (χ0n) is 21.7. The second-order valence-corrected chi connectivity index (χ2v) is 8.90. The highest BCUT2D eigenvalue weighted by Gasteiger charge is 2.27. The highest BCUT2D eigenvalue weighted by molar-refractivity contribution is 6.02. The Morgan fingerprint density at radius 1 is 1.29 bits per heavy atom. The Kier molecular flexibility index (Phi) is 7.58. The predicted octanol–water partition coefficient (Wildman–Crippen LogP) is 3.02. The molecule has 1 saturated carbocycles. The van der Waals surface area contributed by atoms with E-state index < -0.39 is 5.91 Å². The Morgan fingerprint density at radius 3 is 2.66 bits per heavy atom. The van der Waals surface area contributed by atoms with Crippen molar-refractivity contribution in [2.24, 2.45) is 24.8 Å². The van der Waals surface area contributed by atoms with Crippen LogP contribution in [0.15, 0.2) is 59.1 Å². The third kappa shape index (κ3) is 5.42. The topological polar surface area (TPSA) is 139 Å². The second-order valence-electron chi connectivity index (χ2n) is 8.90. The van der Waals surface area contributed by atoms with Gasteiger partial charge in [0.1, 0.15) is 5.56 Å². The maximum absolute atomic E-state index is 13.1. The van der Waals surface area contributed by atoms with E-state index in [-0.39, 0.29) is 16.9 Å². The zero-order valence-corrected chi connectivity index (χ0v) is 21.7. The third-order valence-corrected chi connectivity index (χ3v) is 6.07. The number of rotatable bonds is 5. The van der Waals surface area contributed by atoms with E-state index in [9.17, 15) is 9.59 Å². The molecule has 0 atom stereocenters. The Balaban J connectivity index is 0.000000206. The van der Waals surface area contributed by atoms with Gasteiger partial charge < -0.3 is 16.0 Å². The van der Waals surface area contributed by atoms with Crippen LogP contribution in [-0.2, 0) is 20.5 Å². The second kappa shape index (κ2) is 11.0. The number of aliphatic imine (C=N–C) groups is 1. The van der Waals surface area contributed by atoms with Gasteiger partial charge in [0.15, 0.2) is 11.6 Å². The summed E-state index contributed by atoms with van der Waals surface area (Å²) in [6, 6.07) is 8.41. The van der Waals surface area contributed by atoms with E-state index in [4.69, 9.17) is 11.5 Å². The predicted molar refractivity (Wildman–Crippen MR) is 150 cm³/mol. The highest BCUT2D eigenvalue weighted by Crippen LogP contribution is 2.35. The monoisotopic (exact) mass is 510 g/mol. The van der Waals surface area contributed by atoms with Gasteiger partial charge in [0.05, 0.1) is 17.1 Å². The average molecular weight is 511 g/mol. The fourth-order valence-electron chi connectivity index (χ4n) is 4.21. The number of anilines is 1. The minimum Gasteiger partial charge on any atom is -0.381 e. The summed E-state index contributed by atoms with van der Waals surface area (Å²) in [4.78, 5) is 28.1. The number of allylic oxidation sites excluding steroid dienone is 1. The summed E-state index contributed by atoms with van der Waals surface area (Å²) in [6.07, 6.45) is 9.58. The standard InChI is InChI=1S/C20H19N3O.C8H11N5O/c1-3-17-11-16-6-4-5-15(8-7-14-12-21-22(2)13-14)19(16)20(24)23(17)18-9-10-18;1-3-4-11-8-5(7(10)14)6(9)12-13(8)2/h4-6,11-13,18H,3,9-10H2,1-2H3;3-4H,1H2,2H3,(H2,9,12)(H2,10,14)/b;11-4-. The number of fused-ring (bicyclic) bond motifs is 1. The molecule has 3 heterocycles. The van der Waals surface area contributed by atoms with Crippen LogP contribution in [0.2, 0.25) is 0 Å². The first kappa shape index (κ1) is 26.2. The number of carbonyl (C=O) groups excluding carboxylic acids is 1. The molecule has 4 N–H and O–H groups in total. The van der Waals surface area contributed by atoms with Gasteiger partial charge in [-0.05, 0) is 36.8 Å². The first-order chi connectivity index (χ1) is 18.2. The van der Waals surface area contributed by atoms with Crippen molar-refractivity contribution < 1.29 is 4.79 Å². The maximum Gasteiger partial charge on any atom is 0.260 e. The lowest BCUT2D eigenvalue weighted by Gasteiger charge is -2.13. The van der Waals surface area contributed by atoms with Crippen molar-refractivity contribution in [3.63, 3.8) is 0 Å². The first-order valence-corrected chi connectivity index (χ1v) is 12.2. The molecule has 194 valence electrons. The Hall–Kier alpha value is -4.91. The van der Waals surface area contributed by atoms with Crippen LogP contribution >= 0.6 is 0 Å². The van der Waals surface area contributed by atoms with Crippen LogP contribution in [0.1, 0.15) is 53.0 Å². The lowest BCUT2D eigenvalue weighted by molar-refractivity contribution is 0.100. The van der Waals surface area contributed by atoms with Gasteiger partial charge in [-0.25, -0.2) is 9.67 Å². The number of hydrogen-bond acceptors (Lipinski definition) is 6.